The molecule has 2 aliphatic rings. The fourth-order valence-corrected chi connectivity index (χ4v) is 4.38. The monoisotopic (exact) mass is 466 g/mol. The van der Waals surface area contributed by atoms with Gasteiger partial charge in [-0.1, -0.05) is 39.5 Å². The summed E-state index contributed by atoms with van der Waals surface area (Å²) in [6, 6.07) is 1.92. The zero-order chi connectivity index (χ0) is 24.8. The van der Waals surface area contributed by atoms with Crippen LogP contribution in [0.15, 0.2) is 54.0 Å². The van der Waals surface area contributed by atoms with Gasteiger partial charge in [0.05, 0.1) is 6.04 Å². The van der Waals surface area contributed by atoms with E-state index < -0.39 is 0 Å². The number of aromatic nitrogens is 1. The van der Waals surface area contributed by atoms with Crippen molar-refractivity contribution in [1.82, 2.24) is 25.0 Å². The van der Waals surface area contributed by atoms with Crippen LogP contribution >= 0.6 is 0 Å². The fourth-order valence-electron chi connectivity index (χ4n) is 4.38. The Balaban J connectivity index is 1.89. The Morgan fingerprint density at radius 1 is 1.32 bits per heavy atom. The van der Waals surface area contributed by atoms with E-state index in [1.165, 1.54) is 0 Å². The first-order valence-electron chi connectivity index (χ1n) is 11.8. The van der Waals surface area contributed by atoms with Crippen molar-refractivity contribution in [1.29, 1.82) is 0 Å². The molecule has 0 bridgehead atoms. The normalized spacial score (nSPS) is 20.7. The smallest absolute Gasteiger partial charge is 0.270 e. The number of likely N-dealkylation sites (N-methyl/N-ethyl adjacent to an activating group) is 1. The third-order valence-corrected chi connectivity index (χ3v) is 6.54. The highest BCUT2D eigenvalue weighted by molar-refractivity contribution is 5.96. The molecule has 1 aromatic rings. The molecule has 2 aliphatic heterocycles. The number of nitrogens with zero attached hydrogens (tertiary/aromatic N) is 4. The lowest BCUT2D eigenvalue weighted by Crippen LogP contribution is -2.42. The van der Waals surface area contributed by atoms with Gasteiger partial charge in [0.2, 0.25) is 5.96 Å². The van der Waals surface area contributed by atoms with Gasteiger partial charge in [-0.15, -0.1) is 0 Å². The Hall–Kier alpha value is -3.46. The number of aliphatic imine (C=N–C) groups is 1. The van der Waals surface area contributed by atoms with Crippen molar-refractivity contribution >= 4 is 23.8 Å². The van der Waals surface area contributed by atoms with Crippen LogP contribution in [0.3, 0.4) is 0 Å². The largest absolute Gasteiger partial charge is 0.385 e. The van der Waals surface area contributed by atoms with E-state index in [1.54, 1.807) is 17.1 Å². The first kappa shape index (κ1) is 25.2. The molecule has 9 nitrogen and oxygen atoms in total. The van der Waals surface area contributed by atoms with Gasteiger partial charge in [-0.05, 0) is 30.2 Å². The van der Waals surface area contributed by atoms with Crippen LogP contribution in [0.2, 0.25) is 0 Å². The van der Waals surface area contributed by atoms with Crippen LogP contribution in [0, 0.1) is 5.92 Å². The van der Waals surface area contributed by atoms with E-state index in [4.69, 9.17) is 11.5 Å². The number of carbonyl (C=O) groups excluding carboxylic acids is 1. The number of carbonyl (C=O) groups is 1. The minimum Gasteiger partial charge on any atom is -0.385 e. The second kappa shape index (κ2) is 11.1. The van der Waals surface area contributed by atoms with Crippen LogP contribution in [0.25, 0.3) is 6.08 Å². The van der Waals surface area contributed by atoms with Gasteiger partial charge in [0.1, 0.15) is 17.3 Å². The maximum atomic E-state index is 12.8. The van der Waals surface area contributed by atoms with Crippen LogP contribution in [-0.4, -0.2) is 66.0 Å². The number of piperazine rings is 1. The lowest BCUT2D eigenvalue weighted by atomic mass is 9.96. The molecular formula is C25H38N8O. The SMILES string of the molecule is C=C/C(=C\C=C(/N)N/C(N)=N/c1c(C=C)cc2n1[C@@H](C(C)CC)CN(C)C2=O)N1CCNCC1. The molecule has 1 fully saturated rings. The van der Waals surface area contributed by atoms with Crippen LogP contribution in [0.5, 0.6) is 0 Å². The average Bonchev–Trinajstić information content (AvgIpc) is 3.20. The van der Waals surface area contributed by atoms with Crippen LogP contribution < -0.4 is 22.1 Å². The van der Waals surface area contributed by atoms with Gasteiger partial charge < -0.3 is 36.5 Å². The van der Waals surface area contributed by atoms with Gasteiger partial charge in [-0.3, -0.25) is 4.79 Å². The maximum absolute atomic E-state index is 12.8. The first-order valence-corrected chi connectivity index (χ1v) is 11.8. The number of allylic oxidation sites excluding steroid dienone is 3. The Kier molecular flexibility index (Phi) is 8.22. The highest BCUT2D eigenvalue weighted by Crippen LogP contribution is 2.37. The average molecular weight is 467 g/mol. The van der Waals surface area contributed by atoms with Gasteiger partial charge in [-0.2, -0.15) is 4.99 Å². The van der Waals surface area contributed by atoms with E-state index in [0.717, 1.165) is 43.9 Å². The summed E-state index contributed by atoms with van der Waals surface area (Å²) in [4.78, 5) is 21.5. The quantitative estimate of drug-likeness (QED) is 0.265. The number of nitrogens with one attached hydrogen (secondary N) is 2. The number of rotatable bonds is 8. The summed E-state index contributed by atoms with van der Waals surface area (Å²) < 4.78 is 2.00. The zero-order valence-corrected chi connectivity index (χ0v) is 20.6. The number of guanidine groups is 1. The predicted octanol–water partition coefficient (Wildman–Crippen LogP) is 2.11. The van der Waals surface area contributed by atoms with Crippen LogP contribution in [-0.2, 0) is 0 Å². The molecule has 6 N–H and O–H groups in total. The highest BCUT2D eigenvalue weighted by Gasteiger charge is 2.34. The number of amides is 1. The van der Waals surface area contributed by atoms with Gasteiger partial charge in [-0.25, -0.2) is 0 Å². The summed E-state index contributed by atoms with van der Waals surface area (Å²) in [5.41, 5.74) is 14.8. The summed E-state index contributed by atoms with van der Waals surface area (Å²) in [5, 5.41) is 6.29. The first-order chi connectivity index (χ1) is 16.3. The predicted molar refractivity (Wildman–Crippen MR) is 139 cm³/mol. The number of hydrogen-bond donors (Lipinski definition) is 4. The molecule has 3 rings (SSSR count). The molecule has 1 saturated heterocycles. The van der Waals surface area contributed by atoms with E-state index >= 15 is 0 Å². The lowest BCUT2D eigenvalue weighted by molar-refractivity contribution is 0.0690. The minimum absolute atomic E-state index is 0.0370. The molecule has 0 aromatic carbocycles. The van der Waals surface area contributed by atoms with Crippen molar-refractivity contribution in [3.8, 4) is 0 Å². The molecule has 0 saturated carbocycles. The van der Waals surface area contributed by atoms with Crippen molar-refractivity contribution < 1.29 is 4.79 Å². The highest BCUT2D eigenvalue weighted by atomic mass is 16.2. The molecule has 1 amide bonds. The van der Waals surface area contributed by atoms with Crippen molar-refractivity contribution in [3.63, 3.8) is 0 Å². The Labute approximate surface area is 202 Å². The molecule has 0 radical (unpaired) electrons. The van der Waals surface area contributed by atoms with E-state index in [1.807, 2.05) is 29.8 Å². The van der Waals surface area contributed by atoms with Crippen molar-refractivity contribution in [2.24, 2.45) is 22.4 Å². The maximum Gasteiger partial charge on any atom is 0.270 e. The molecule has 2 atom stereocenters. The fraction of sp³-hybridized carbons (Fsp3) is 0.440. The zero-order valence-electron chi connectivity index (χ0n) is 20.6. The summed E-state index contributed by atoms with van der Waals surface area (Å²) in [6.07, 6.45) is 8.16. The van der Waals surface area contributed by atoms with Gasteiger partial charge in [0.25, 0.3) is 5.91 Å². The summed E-state index contributed by atoms with van der Waals surface area (Å²) in [5.74, 6) is 1.42. The number of nitrogens with two attached hydrogens (primary N) is 2. The molecule has 9 heteroatoms. The molecule has 0 aliphatic carbocycles. The standard InChI is InChI=1S/C25H38N8O/c1-6-17(4)21-16-31(5)24(34)20-15-18(7-2)23(33(20)21)30-25(27)29-22(26)10-9-19(8-3)32-13-11-28-12-14-32/h7-10,15,17,21,28H,2-3,6,11-14,16,26H2,1,4-5H3,(H3,27,29,30)/b19-9+,22-10+/t17?,21-/m1/s1. The van der Waals surface area contributed by atoms with E-state index in [2.05, 4.69) is 47.5 Å². The second-order valence-electron chi connectivity index (χ2n) is 8.80. The molecule has 3 heterocycles. The Morgan fingerprint density at radius 2 is 2.03 bits per heavy atom. The topological polar surface area (TPSA) is 117 Å². The van der Waals surface area contributed by atoms with E-state index in [9.17, 15) is 4.79 Å². The molecule has 1 unspecified atom stereocenters. The summed E-state index contributed by atoms with van der Waals surface area (Å²) in [6.45, 7) is 16.5. The molecule has 0 spiro atoms. The third-order valence-electron chi connectivity index (χ3n) is 6.54. The van der Waals surface area contributed by atoms with Crippen molar-refractivity contribution in [2.75, 3.05) is 39.8 Å². The van der Waals surface area contributed by atoms with Crippen LogP contribution in [0.4, 0.5) is 5.82 Å². The van der Waals surface area contributed by atoms with Crippen molar-refractivity contribution in [2.45, 2.75) is 26.3 Å². The molecule has 184 valence electrons. The summed E-state index contributed by atoms with van der Waals surface area (Å²) >= 11 is 0. The van der Waals surface area contributed by atoms with Crippen LogP contribution in [0.1, 0.15) is 42.4 Å². The number of hydrogen-bond acceptors (Lipinski definition) is 5. The molecule has 34 heavy (non-hydrogen) atoms. The van der Waals surface area contributed by atoms with E-state index in [-0.39, 0.29) is 17.9 Å². The molecule has 1 aromatic heterocycles. The third kappa shape index (κ3) is 5.36. The van der Waals surface area contributed by atoms with Gasteiger partial charge >= 0.3 is 0 Å². The minimum atomic E-state index is -0.0370. The van der Waals surface area contributed by atoms with Crippen molar-refractivity contribution in [3.05, 3.63) is 60.2 Å². The van der Waals surface area contributed by atoms with Gasteiger partial charge in [0, 0.05) is 51.0 Å². The van der Waals surface area contributed by atoms with E-state index in [0.29, 0.717) is 29.8 Å². The number of fused-ring (bicyclic) bond motifs is 1. The summed E-state index contributed by atoms with van der Waals surface area (Å²) in [7, 11) is 1.83. The Bertz CT molecular complexity index is 1010. The Morgan fingerprint density at radius 3 is 2.65 bits per heavy atom. The second-order valence-corrected chi connectivity index (χ2v) is 8.80. The van der Waals surface area contributed by atoms with Gasteiger partial charge in [0.15, 0.2) is 0 Å². The lowest BCUT2D eigenvalue weighted by Gasteiger charge is -2.36. The molecular weight excluding hydrogens is 428 g/mol.